The Morgan fingerprint density at radius 3 is 2.67 bits per heavy atom. The van der Waals surface area contributed by atoms with Crippen LogP contribution in [0.3, 0.4) is 0 Å². The van der Waals surface area contributed by atoms with Crippen molar-refractivity contribution in [1.82, 2.24) is 40.0 Å². The highest BCUT2D eigenvalue weighted by Crippen LogP contribution is 2.33. The number of rotatable bonds is 0. The molecule has 2 bridgehead atoms. The number of nitrogens with zero attached hydrogens (tertiary/aromatic N) is 5. The van der Waals surface area contributed by atoms with E-state index in [1.54, 1.807) is 9.36 Å². The van der Waals surface area contributed by atoms with Crippen LogP contribution in [0.25, 0.3) is 34.2 Å². The number of aromatic nitrogens is 6. The maximum absolute atomic E-state index is 12.6. The first-order valence-corrected chi connectivity index (χ1v) is 12.4. The zero-order chi connectivity index (χ0) is 25.2. The van der Waals surface area contributed by atoms with Crippen molar-refractivity contribution in [1.29, 1.82) is 0 Å². The zero-order valence-corrected chi connectivity index (χ0v) is 21.3. The Labute approximate surface area is 209 Å². The first-order chi connectivity index (χ1) is 17.4. The van der Waals surface area contributed by atoms with Gasteiger partial charge in [-0.05, 0) is 69.8 Å². The van der Waals surface area contributed by atoms with E-state index in [2.05, 4.69) is 36.7 Å². The summed E-state index contributed by atoms with van der Waals surface area (Å²) in [7, 11) is 5.76. The molecule has 36 heavy (non-hydrogen) atoms. The summed E-state index contributed by atoms with van der Waals surface area (Å²) in [5.41, 5.74) is 5.08. The zero-order valence-electron chi connectivity index (χ0n) is 21.3. The number of benzene rings is 1. The third-order valence-electron chi connectivity index (χ3n) is 6.68. The van der Waals surface area contributed by atoms with Crippen molar-refractivity contribution in [3.8, 4) is 17.0 Å². The van der Waals surface area contributed by atoms with Crippen LogP contribution in [0.1, 0.15) is 36.7 Å². The smallest absolute Gasteiger partial charge is 0.271 e. The van der Waals surface area contributed by atoms with E-state index in [0.717, 1.165) is 39.3 Å². The second kappa shape index (κ2) is 10.2. The third-order valence-corrected chi connectivity index (χ3v) is 6.68. The van der Waals surface area contributed by atoms with Crippen molar-refractivity contribution in [3.05, 3.63) is 51.7 Å². The minimum absolute atomic E-state index is 0.0764. The number of fused-ring (bicyclic) bond motifs is 4. The fourth-order valence-corrected chi connectivity index (χ4v) is 4.82. The Hall–Kier alpha value is -3.63. The van der Waals surface area contributed by atoms with Crippen LogP contribution in [-0.2, 0) is 20.6 Å². The molecule has 4 aromatic rings. The lowest BCUT2D eigenvalue weighted by Gasteiger charge is -2.23. The first kappa shape index (κ1) is 24.1. The molecule has 1 saturated heterocycles. The standard InChI is InChI=1S/C22H25N7O2.C4H9N/c1-13-11-27(2)12-20-15(21(30)26-28(20)3)6-8-19-16-9-14(5-7-18(16)24-25-19)17-10-23-29(4)22(17)31-13;1-2-4-5-3-1/h5-10,13H,11-12H2,1-4H3,(H,24,25)(H,26,30);5H,1-4H2/b8-6+;. The van der Waals surface area contributed by atoms with Crippen molar-refractivity contribution in [2.45, 2.75) is 32.4 Å². The van der Waals surface area contributed by atoms with Gasteiger partial charge in [0.15, 0.2) is 0 Å². The van der Waals surface area contributed by atoms with E-state index in [0.29, 0.717) is 18.7 Å². The van der Waals surface area contributed by atoms with Crippen LogP contribution in [0.15, 0.2) is 29.2 Å². The van der Waals surface area contributed by atoms with Crippen LogP contribution in [-0.4, -0.2) is 67.4 Å². The van der Waals surface area contributed by atoms with E-state index in [-0.39, 0.29) is 11.7 Å². The molecule has 5 heterocycles. The van der Waals surface area contributed by atoms with E-state index in [1.807, 2.05) is 58.5 Å². The van der Waals surface area contributed by atoms with Gasteiger partial charge in [-0.1, -0.05) is 6.07 Å². The number of H-pyrrole nitrogens is 2. The lowest BCUT2D eigenvalue weighted by Crippen LogP contribution is -2.32. The van der Waals surface area contributed by atoms with Crippen LogP contribution in [0.5, 0.6) is 5.88 Å². The fraction of sp³-hybridized carbons (Fsp3) is 0.423. The van der Waals surface area contributed by atoms with Crippen LogP contribution >= 0.6 is 0 Å². The average Bonchev–Trinajstić information content (AvgIpc) is 3.64. The van der Waals surface area contributed by atoms with Gasteiger partial charge in [0.1, 0.15) is 6.10 Å². The largest absolute Gasteiger partial charge is 0.473 e. The molecule has 1 aromatic carbocycles. The molecule has 190 valence electrons. The van der Waals surface area contributed by atoms with Crippen LogP contribution in [0, 0.1) is 0 Å². The van der Waals surface area contributed by atoms with Gasteiger partial charge in [0.2, 0.25) is 5.88 Å². The highest BCUT2D eigenvalue weighted by Gasteiger charge is 2.20. The number of ether oxygens (including phenoxy) is 1. The Morgan fingerprint density at radius 1 is 1.11 bits per heavy atom. The normalized spacial score (nSPS) is 19.1. The molecule has 2 aliphatic heterocycles. The average molecular weight is 491 g/mol. The molecule has 0 spiro atoms. The highest BCUT2D eigenvalue weighted by atomic mass is 16.5. The molecule has 10 heteroatoms. The SMILES string of the molecule is C1CCNC1.CC1CN(C)Cc2c(c(=O)[nH]n2C)/C=C/c2[nH]nc3ccc(cc23)-c2cnn(C)c2O1. The van der Waals surface area contributed by atoms with Crippen molar-refractivity contribution in [2.24, 2.45) is 14.1 Å². The predicted octanol–water partition coefficient (Wildman–Crippen LogP) is 2.74. The van der Waals surface area contributed by atoms with Crippen LogP contribution in [0.4, 0.5) is 0 Å². The lowest BCUT2D eigenvalue weighted by molar-refractivity contribution is 0.147. The maximum Gasteiger partial charge on any atom is 0.271 e. The summed E-state index contributed by atoms with van der Waals surface area (Å²) in [6, 6.07) is 6.08. The minimum atomic E-state index is -0.112. The quantitative estimate of drug-likeness (QED) is 0.350. The Morgan fingerprint density at radius 2 is 1.92 bits per heavy atom. The van der Waals surface area contributed by atoms with Crippen molar-refractivity contribution in [3.63, 3.8) is 0 Å². The fourth-order valence-electron chi connectivity index (χ4n) is 4.82. The van der Waals surface area contributed by atoms with Gasteiger partial charge in [-0.15, -0.1) is 0 Å². The number of aromatic amines is 2. The summed E-state index contributed by atoms with van der Waals surface area (Å²) in [5.74, 6) is 0.727. The summed E-state index contributed by atoms with van der Waals surface area (Å²) in [5, 5.41) is 19.0. The molecule has 2 aliphatic rings. The predicted molar refractivity (Wildman–Crippen MR) is 142 cm³/mol. The van der Waals surface area contributed by atoms with Gasteiger partial charge >= 0.3 is 0 Å². The number of likely N-dealkylation sites (N-methyl/N-ethyl adjacent to an activating group) is 1. The van der Waals surface area contributed by atoms with Gasteiger partial charge in [0.05, 0.1) is 34.2 Å². The van der Waals surface area contributed by atoms with E-state index in [4.69, 9.17) is 4.74 Å². The second-order valence-electron chi connectivity index (χ2n) is 9.63. The van der Waals surface area contributed by atoms with Crippen molar-refractivity contribution >= 4 is 23.1 Å². The maximum atomic E-state index is 12.6. The molecule has 6 rings (SSSR count). The molecule has 0 amide bonds. The van der Waals surface area contributed by atoms with Gasteiger partial charge < -0.3 is 10.1 Å². The number of hydrogen-bond acceptors (Lipinski definition) is 6. The van der Waals surface area contributed by atoms with Gasteiger partial charge in [-0.25, -0.2) is 4.68 Å². The Bertz CT molecular complexity index is 1430. The summed E-state index contributed by atoms with van der Waals surface area (Å²) in [6.07, 6.45) is 8.30. The van der Waals surface area contributed by atoms with Crippen LogP contribution < -0.4 is 15.6 Å². The molecule has 0 saturated carbocycles. The molecule has 0 radical (unpaired) electrons. The van der Waals surface area contributed by atoms with Crippen LogP contribution in [0.2, 0.25) is 0 Å². The Balaban J connectivity index is 0.000000477. The number of aryl methyl sites for hydroxylation is 2. The Kier molecular flexibility index (Phi) is 6.80. The molecule has 1 unspecified atom stereocenters. The second-order valence-corrected chi connectivity index (χ2v) is 9.63. The summed E-state index contributed by atoms with van der Waals surface area (Å²) in [6.45, 7) is 5.84. The first-order valence-electron chi connectivity index (χ1n) is 12.4. The minimum Gasteiger partial charge on any atom is -0.473 e. The molecular formula is C26H34N8O2. The van der Waals surface area contributed by atoms with Gasteiger partial charge in [0.25, 0.3) is 5.56 Å². The summed E-state index contributed by atoms with van der Waals surface area (Å²) < 4.78 is 9.87. The van der Waals surface area contributed by atoms with Crippen molar-refractivity contribution in [2.75, 3.05) is 26.7 Å². The molecule has 0 aliphatic carbocycles. The molecule has 1 atom stereocenters. The molecule has 3 aromatic heterocycles. The number of nitrogens with one attached hydrogen (secondary N) is 3. The van der Waals surface area contributed by atoms with Gasteiger partial charge in [-0.3, -0.25) is 24.6 Å². The topological polar surface area (TPSA) is 109 Å². The van der Waals surface area contributed by atoms with E-state index in [1.165, 1.54) is 25.9 Å². The molecule has 10 nitrogen and oxygen atoms in total. The highest BCUT2D eigenvalue weighted by molar-refractivity contribution is 5.93. The van der Waals surface area contributed by atoms with Gasteiger partial charge in [0, 0.05) is 32.6 Å². The van der Waals surface area contributed by atoms with E-state index < -0.39 is 0 Å². The molecule has 3 N–H and O–H groups in total. The van der Waals surface area contributed by atoms with Gasteiger partial charge in [-0.2, -0.15) is 10.2 Å². The van der Waals surface area contributed by atoms with Crippen molar-refractivity contribution < 1.29 is 4.74 Å². The van der Waals surface area contributed by atoms with E-state index >= 15 is 0 Å². The third kappa shape index (κ3) is 4.87. The molecular weight excluding hydrogens is 456 g/mol. The monoisotopic (exact) mass is 490 g/mol. The van der Waals surface area contributed by atoms with E-state index in [9.17, 15) is 4.79 Å². The summed E-state index contributed by atoms with van der Waals surface area (Å²) in [4.78, 5) is 14.7. The summed E-state index contributed by atoms with van der Waals surface area (Å²) >= 11 is 0. The molecule has 1 fully saturated rings. The lowest BCUT2D eigenvalue weighted by atomic mass is 10.1. The number of hydrogen-bond donors (Lipinski definition) is 3.